The summed E-state index contributed by atoms with van der Waals surface area (Å²) in [5.41, 5.74) is 8.14. The molecule has 1 saturated heterocycles. The SMILES string of the molecule is [N-]=[N+]=NCC(=O)N1CC(O)C(n2cccn2)C1. The van der Waals surface area contributed by atoms with Gasteiger partial charge in [-0.05, 0) is 11.6 Å². The van der Waals surface area contributed by atoms with Crippen LogP contribution in [0, 0.1) is 0 Å². The maximum absolute atomic E-state index is 11.6. The van der Waals surface area contributed by atoms with Crippen LogP contribution in [0.4, 0.5) is 0 Å². The number of likely N-dealkylation sites (tertiary alicyclic amines) is 1. The Balaban J connectivity index is 2.02. The smallest absolute Gasteiger partial charge is 0.228 e. The van der Waals surface area contributed by atoms with Crippen molar-refractivity contribution in [1.82, 2.24) is 14.7 Å². The molecule has 1 aromatic heterocycles. The Labute approximate surface area is 97.1 Å². The molecular formula is C9H12N6O2. The van der Waals surface area contributed by atoms with Crippen molar-refractivity contribution in [2.75, 3.05) is 19.6 Å². The van der Waals surface area contributed by atoms with Crippen LogP contribution in [0.5, 0.6) is 0 Å². The summed E-state index contributed by atoms with van der Waals surface area (Å²) in [6.07, 6.45) is 2.72. The first-order chi connectivity index (χ1) is 8.22. The number of carbonyl (C=O) groups is 1. The van der Waals surface area contributed by atoms with Gasteiger partial charge in [-0.1, -0.05) is 5.11 Å². The van der Waals surface area contributed by atoms with Gasteiger partial charge < -0.3 is 10.0 Å². The Bertz CT molecular complexity index is 438. The largest absolute Gasteiger partial charge is 0.389 e. The van der Waals surface area contributed by atoms with Crippen LogP contribution in [0.25, 0.3) is 10.4 Å². The number of hydrogen-bond donors (Lipinski definition) is 1. The van der Waals surface area contributed by atoms with Crippen LogP contribution in [-0.2, 0) is 4.79 Å². The molecule has 0 saturated carbocycles. The Morgan fingerprint density at radius 2 is 2.47 bits per heavy atom. The minimum absolute atomic E-state index is 0.213. The van der Waals surface area contributed by atoms with Crippen molar-refractivity contribution in [2.24, 2.45) is 5.11 Å². The summed E-state index contributed by atoms with van der Waals surface area (Å²) >= 11 is 0. The molecule has 90 valence electrons. The molecule has 2 atom stereocenters. The molecule has 1 aliphatic rings. The Morgan fingerprint density at radius 3 is 3.12 bits per heavy atom. The second kappa shape index (κ2) is 4.86. The molecule has 0 aliphatic carbocycles. The van der Waals surface area contributed by atoms with E-state index >= 15 is 0 Å². The van der Waals surface area contributed by atoms with Gasteiger partial charge in [-0.2, -0.15) is 5.10 Å². The number of aromatic nitrogens is 2. The van der Waals surface area contributed by atoms with Crippen molar-refractivity contribution in [3.63, 3.8) is 0 Å². The fourth-order valence-electron chi connectivity index (χ4n) is 1.90. The van der Waals surface area contributed by atoms with E-state index in [2.05, 4.69) is 15.1 Å². The monoisotopic (exact) mass is 236 g/mol. The lowest BCUT2D eigenvalue weighted by Gasteiger charge is -2.14. The highest BCUT2D eigenvalue weighted by molar-refractivity contribution is 5.78. The molecule has 1 fully saturated rings. The standard InChI is InChI=1S/C9H12N6O2/c10-13-11-4-9(17)14-5-7(8(16)6-14)15-3-1-2-12-15/h1-3,7-8,16H,4-6H2. The molecule has 17 heavy (non-hydrogen) atoms. The Hall–Kier alpha value is -2.05. The van der Waals surface area contributed by atoms with Crippen molar-refractivity contribution < 1.29 is 9.90 Å². The molecule has 8 heteroatoms. The molecular weight excluding hydrogens is 224 g/mol. The van der Waals surface area contributed by atoms with Crippen LogP contribution in [0.2, 0.25) is 0 Å². The average molecular weight is 236 g/mol. The number of carbonyl (C=O) groups excluding carboxylic acids is 1. The highest BCUT2D eigenvalue weighted by Gasteiger charge is 2.34. The minimum Gasteiger partial charge on any atom is -0.389 e. The summed E-state index contributed by atoms with van der Waals surface area (Å²) in [5.74, 6) is -0.281. The van der Waals surface area contributed by atoms with Crippen LogP contribution in [0.3, 0.4) is 0 Å². The van der Waals surface area contributed by atoms with Gasteiger partial charge >= 0.3 is 0 Å². The molecule has 2 heterocycles. The maximum Gasteiger partial charge on any atom is 0.228 e. The van der Waals surface area contributed by atoms with E-state index in [4.69, 9.17) is 5.53 Å². The molecule has 1 N–H and O–H groups in total. The van der Waals surface area contributed by atoms with Gasteiger partial charge in [-0.3, -0.25) is 9.48 Å². The molecule has 1 aromatic rings. The summed E-state index contributed by atoms with van der Waals surface area (Å²) in [5, 5.41) is 17.1. The van der Waals surface area contributed by atoms with E-state index in [0.29, 0.717) is 6.54 Å². The first-order valence-electron chi connectivity index (χ1n) is 5.18. The predicted octanol–water partition coefficient (Wildman–Crippen LogP) is -0.0624. The van der Waals surface area contributed by atoms with E-state index in [9.17, 15) is 9.90 Å². The number of amides is 1. The van der Waals surface area contributed by atoms with Gasteiger partial charge in [0.05, 0.1) is 12.1 Å². The van der Waals surface area contributed by atoms with Crippen LogP contribution in [0.15, 0.2) is 23.6 Å². The molecule has 2 rings (SSSR count). The van der Waals surface area contributed by atoms with E-state index in [1.54, 1.807) is 23.1 Å². The number of β-amino-alcohol motifs (C(OH)–C–C–N with tert-alkyl or cyclic N) is 1. The second-order valence-corrected chi connectivity index (χ2v) is 3.81. The van der Waals surface area contributed by atoms with E-state index in [-0.39, 0.29) is 25.0 Å². The van der Waals surface area contributed by atoms with Gasteiger partial charge in [0, 0.05) is 30.4 Å². The normalized spacial score (nSPS) is 23.5. The molecule has 8 nitrogen and oxygen atoms in total. The number of azide groups is 1. The van der Waals surface area contributed by atoms with E-state index in [1.807, 2.05) is 0 Å². The molecule has 1 amide bonds. The Kier molecular flexibility index (Phi) is 3.27. The molecule has 0 radical (unpaired) electrons. The minimum atomic E-state index is -0.648. The lowest BCUT2D eigenvalue weighted by molar-refractivity contribution is -0.129. The van der Waals surface area contributed by atoms with Gasteiger partial charge in [0.2, 0.25) is 5.91 Å². The fraction of sp³-hybridized carbons (Fsp3) is 0.556. The zero-order chi connectivity index (χ0) is 12.3. The molecule has 0 spiro atoms. The topological polar surface area (TPSA) is 107 Å². The van der Waals surface area contributed by atoms with Crippen molar-refractivity contribution in [1.29, 1.82) is 0 Å². The summed E-state index contributed by atoms with van der Waals surface area (Å²) < 4.78 is 1.63. The van der Waals surface area contributed by atoms with E-state index < -0.39 is 6.10 Å². The van der Waals surface area contributed by atoms with Crippen molar-refractivity contribution >= 4 is 5.91 Å². The summed E-state index contributed by atoms with van der Waals surface area (Å²) in [4.78, 5) is 15.6. The van der Waals surface area contributed by atoms with Crippen molar-refractivity contribution in [2.45, 2.75) is 12.1 Å². The number of nitrogens with zero attached hydrogens (tertiary/aromatic N) is 6. The van der Waals surface area contributed by atoms with Crippen molar-refractivity contribution in [3.8, 4) is 0 Å². The van der Waals surface area contributed by atoms with E-state index in [0.717, 1.165) is 0 Å². The summed E-state index contributed by atoms with van der Waals surface area (Å²) in [7, 11) is 0. The van der Waals surface area contributed by atoms with Crippen LogP contribution in [0.1, 0.15) is 6.04 Å². The average Bonchev–Trinajstić information content (AvgIpc) is 2.94. The first-order valence-corrected chi connectivity index (χ1v) is 5.18. The third kappa shape index (κ3) is 2.38. The molecule has 0 aromatic carbocycles. The third-order valence-electron chi connectivity index (χ3n) is 2.75. The number of aliphatic hydroxyl groups is 1. The zero-order valence-corrected chi connectivity index (χ0v) is 9.05. The summed E-state index contributed by atoms with van der Waals surface area (Å²) in [6.45, 7) is 0.405. The van der Waals surface area contributed by atoms with Crippen LogP contribution >= 0.6 is 0 Å². The summed E-state index contributed by atoms with van der Waals surface area (Å²) in [6, 6.07) is 1.52. The zero-order valence-electron chi connectivity index (χ0n) is 9.05. The first kappa shape index (κ1) is 11.4. The predicted molar refractivity (Wildman–Crippen MR) is 57.9 cm³/mol. The second-order valence-electron chi connectivity index (χ2n) is 3.81. The highest BCUT2D eigenvalue weighted by Crippen LogP contribution is 2.21. The fourth-order valence-corrected chi connectivity index (χ4v) is 1.90. The molecule has 1 aliphatic heterocycles. The van der Waals surface area contributed by atoms with Gasteiger partial charge in [0.1, 0.15) is 6.54 Å². The number of hydrogen-bond acceptors (Lipinski definition) is 4. The van der Waals surface area contributed by atoms with Gasteiger partial charge in [-0.25, -0.2) is 0 Å². The van der Waals surface area contributed by atoms with Crippen LogP contribution in [-0.4, -0.2) is 51.4 Å². The van der Waals surface area contributed by atoms with Crippen molar-refractivity contribution in [3.05, 3.63) is 28.9 Å². The maximum atomic E-state index is 11.6. The molecule has 2 unspecified atom stereocenters. The lowest BCUT2D eigenvalue weighted by Crippen LogP contribution is -2.31. The van der Waals surface area contributed by atoms with Gasteiger partial charge in [0.15, 0.2) is 0 Å². The number of rotatable bonds is 3. The molecule has 0 bridgehead atoms. The highest BCUT2D eigenvalue weighted by atomic mass is 16.3. The third-order valence-corrected chi connectivity index (χ3v) is 2.75. The van der Waals surface area contributed by atoms with Crippen LogP contribution < -0.4 is 0 Å². The Morgan fingerprint density at radius 1 is 1.65 bits per heavy atom. The van der Waals surface area contributed by atoms with Gasteiger partial charge in [-0.15, -0.1) is 0 Å². The lowest BCUT2D eigenvalue weighted by atomic mass is 10.2. The van der Waals surface area contributed by atoms with Gasteiger partial charge in [0.25, 0.3) is 0 Å². The van der Waals surface area contributed by atoms with E-state index in [1.165, 1.54) is 4.90 Å². The quantitative estimate of drug-likeness (QED) is 0.451. The number of aliphatic hydroxyl groups excluding tert-OH is 1.